The van der Waals surface area contributed by atoms with Crippen LogP contribution >= 0.6 is 23.1 Å². The minimum absolute atomic E-state index is 0.0998. The van der Waals surface area contributed by atoms with Gasteiger partial charge >= 0.3 is 5.97 Å². The number of aryl methyl sites for hydroxylation is 1. The molecule has 0 spiro atoms. The molecule has 31 heavy (non-hydrogen) atoms. The van der Waals surface area contributed by atoms with Gasteiger partial charge in [0.1, 0.15) is 5.00 Å². The summed E-state index contributed by atoms with van der Waals surface area (Å²) < 4.78 is 5.26. The van der Waals surface area contributed by atoms with Crippen LogP contribution in [0.5, 0.6) is 0 Å². The van der Waals surface area contributed by atoms with Gasteiger partial charge in [-0.1, -0.05) is 18.7 Å². The van der Waals surface area contributed by atoms with Crippen molar-refractivity contribution in [1.82, 2.24) is 9.97 Å². The molecule has 2 N–H and O–H groups in total. The fourth-order valence-electron chi connectivity index (χ4n) is 4.20. The molecule has 2 aromatic heterocycles. The number of thiophene rings is 1. The Bertz CT molecular complexity index is 1060. The molecule has 4 rings (SSSR count). The second kappa shape index (κ2) is 9.56. The zero-order valence-corrected chi connectivity index (χ0v) is 19.5. The highest BCUT2D eigenvalue weighted by Crippen LogP contribution is 2.40. The predicted octanol–water partition coefficient (Wildman–Crippen LogP) is 3.74. The number of rotatable bonds is 6. The number of aromatic nitrogens is 2. The maximum atomic E-state index is 12.7. The van der Waals surface area contributed by atoms with Gasteiger partial charge in [-0.25, -0.2) is 9.78 Å². The SMILES string of the molecule is CCOC(=O)c1c(NC(=O)CSc2nc3c(c(=O)[nH]2)CCCC3)sc2c1CC[C@H](C)C2. The van der Waals surface area contributed by atoms with E-state index >= 15 is 0 Å². The molecule has 166 valence electrons. The summed E-state index contributed by atoms with van der Waals surface area (Å²) in [7, 11) is 0. The average molecular weight is 462 g/mol. The van der Waals surface area contributed by atoms with Crippen LogP contribution in [0.1, 0.15) is 65.2 Å². The van der Waals surface area contributed by atoms with E-state index in [4.69, 9.17) is 4.74 Å². The Kier molecular flexibility index (Phi) is 6.81. The molecule has 0 saturated heterocycles. The zero-order chi connectivity index (χ0) is 22.0. The number of aromatic amines is 1. The number of nitrogens with zero attached hydrogens (tertiary/aromatic N) is 1. The fourth-order valence-corrected chi connectivity index (χ4v) is 6.30. The monoisotopic (exact) mass is 461 g/mol. The number of fused-ring (bicyclic) bond motifs is 2. The Morgan fingerprint density at radius 2 is 2.06 bits per heavy atom. The number of hydrogen-bond donors (Lipinski definition) is 2. The van der Waals surface area contributed by atoms with E-state index in [-0.39, 0.29) is 23.2 Å². The standard InChI is InChI=1S/C22H27N3O4S2/c1-3-29-21(28)18-14-9-8-12(2)10-16(14)31-20(18)24-17(26)11-30-22-23-15-7-5-4-6-13(15)19(27)25-22/h12H,3-11H2,1-2H3,(H,24,26)(H,23,25,27)/t12-/m0/s1. The molecule has 0 aliphatic heterocycles. The predicted molar refractivity (Wildman–Crippen MR) is 122 cm³/mol. The van der Waals surface area contributed by atoms with Gasteiger partial charge in [0.2, 0.25) is 5.91 Å². The Morgan fingerprint density at radius 3 is 2.87 bits per heavy atom. The topological polar surface area (TPSA) is 101 Å². The van der Waals surface area contributed by atoms with Gasteiger partial charge in [-0.2, -0.15) is 0 Å². The molecule has 0 aromatic carbocycles. The summed E-state index contributed by atoms with van der Waals surface area (Å²) in [6, 6.07) is 0. The van der Waals surface area contributed by atoms with E-state index in [0.717, 1.165) is 66.6 Å². The van der Waals surface area contributed by atoms with Crippen molar-refractivity contribution in [3.63, 3.8) is 0 Å². The second-order valence-corrected chi connectivity index (χ2v) is 10.2. The van der Waals surface area contributed by atoms with Crippen LogP contribution in [0.25, 0.3) is 0 Å². The molecule has 0 unspecified atom stereocenters. The molecule has 0 fully saturated rings. The van der Waals surface area contributed by atoms with E-state index in [2.05, 4.69) is 22.2 Å². The summed E-state index contributed by atoms with van der Waals surface area (Å²) in [6.07, 6.45) is 6.38. The van der Waals surface area contributed by atoms with Gasteiger partial charge in [-0.15, -0.1) is 11.3 Å². The van der Waals surface area contributed by atoms with Gasteiger partial charge in [-0.3, -0.25) is 9.59 Å². The van der Waals surface area contributed by atoms with Crippen molar-refractivity contribution >= 4 is 40.0 Å². The van der Waals surface area contributed by atoms with E-state index in [9.17, 15) is 14.4 Å². The zero-order valence-electron chi connectivity index (χ0n) is 17.8. The van der Waals surface area contributed by atoms with Crippen LogP contribution in [0, 0.1) is 5.92 Å². The summed E-state index contributed by atoms with van der Waals surface area (Å²) in [5.41, 5.74) is 3.05. The maximum absolute atomic E-state index is 12.7. The van der Waals surface area contributed by atoms with Crippen LogP contribution in [-0.4, -0.2) is 34.2 Å². The molecule has 9 heteroatoms. The van der Waals surface area contributed by atoms with Crippen LogP contribution in [0.3, 0.4) is 0 Å². The fraction of sp³-hybridized carbons (Fsp3) is 0.545. The largest absolute Gasteiger partial charge is 0.462 e. The lowest BCUT2D eigenvalue weighted by atomic mass is 9.88. The number of carbonyl (C=O) groups is 2. The lowest BCUT2D eigenvalue weighted by molar-refractivity contribution is -0.113. The number of amides is 1. The first-order valence-electron chi connectivity index (χ1n) is 10.8. The van der Waals surface area contributed by atoms with Crippen LogP contribution in [0.4, 0.5) is 5.00 Å². The molecule has 0 radical (unpaired) electrons. The summed E-state index contributed by atoms with van der Waals surface area (Å²) in [4.78, 5) is 46.0. The third-order valence-electron chi connectivity index (χ3n) is 5.75. The van der Waals surface area contributed by atoms with Gasteiger partial charge in [0.25, 0.3) is 5.56 Å². The van der Waals surface area contributed by atoms with Gasteiger partial charge in [-0.05, 0) is 63.4 Å². The number of anilines is 1. The first-order valence-corrected chi connectivity index (χ1v) is 12.6. The minimum atomic E-state index is -0.377. The van der Waals surface area contributed by atoms with Gasteiger partial charge in [0.05, 0.1) is 23.6 Å². The van der Waals surface area contributed by atoms with Crippen molar-refractivity contribution in [2.75, 3.05) is 17.7 Å². The Labute approximate surface area is 189 Å². The van der Waals surface area contributed by atoms with E-state index in [0.29, 0.717) is 28.2 Å². The molecule has 2 heterocycles. The molecular formula is C22H27N3O4S2. The van der Waals surface area contributed by atoms with Crippen molar-refractivity contribution in [3.05, 3.63) is 37.6 Å². The van der Waals surface area contributed by atoms with Crippen molar-refractivity contribution in [2.45, 2.75) is 63.9 Å². The summed E-state index contributed by atoms with van der Waals surface area (Å²) >= 11 is 2.68. The Morgan fingerprint density at radius 1 is 1.26 bits per heavy atom. The van der Waals surface area contributed by atoms with Crippen LogP contribution in [0.15, 0.2) is 9.95 Å². The smallest absolute Gasteiger partial charge is 0.341 e. The number of ether oxygens (including phenoxy) is 1. The molecule has 2 aliphatic rings. The molecule has 1 amide bonds. The normalized spacial score (nSPS) is 17.5. The van der Waals surface area contributed by atoms with Crippen molar-refractivity contribution in [3.8, 4) is 0 Å². The number of H-pyrrole nitrogens is 1. The second-order valence-electron chi connectivity index (χ2n) is 8.12. The molecule has 2 aromatic rings. The highest BCUT2D eigenvalue weighted by Gasteiger charge is 2.29. The number of esters is 1. The molecule has 2 aliphatic carbocycles. The highest BCUT2D eigenvalue weighted by atomic mass is 32.2. The van der Waals surface area contributed by atoms with Crippen LogP contribution < -0.4 is 10.9 Å². The number of nitrogens with one attached hydrogen (secondary N) is 2. The number of carbonyl (C=O) groups excluding carboxylic acids is 2. The third-order valence-corrected chi connectivity index (χ3v) is 7.80. The third kappa shape index (κ3) is 4.87. The number of hydrogen-bond acceptors (Lipinski definition) is 7. The summed E-state index contributed by atoms with van der Waals surface area (Å²) in [5.74, 6) is 0.0520. The first-order chi connectivity index (χ1) is 15.0. The summed E-state index contributed by atoms with van der Waals surface area (Å²) in [5, 5.41) is 3.94. The van der Waals surface area contributed by atoms with Crippen LogP contribution in [-0.2, 0) is 35.2 Å². The lowest BCUT2D eigenvalue weighted by Crippen LogP contribution is -2.22. The minimum Gasteiger partial charge on any atom is -0.462 e. The molecule has 0 saturated carbocycles. The van der Waals surface area contributed by atoms with Crippen molar-refractivity contribution in [2.24, 2.45) is 5.92 Å². The van der Waals surface area contributed by atoms with Gasteiger partial charge in [0, 0.05) is 10.4 Å². The maximum Gasteiger partial charge on any atom is 0.341 e. The Hall–Kier alpha value is -2.13. The lowest BCUT2D eigenvalue weighted by Gasteiger charge is -2.18. The quantitative estimate of drug-likeness (QED) is 0.386. The Balaban J connectivity index is 1.48. The van der Waals surface area contributed by atoms with E-state index in [1.54, 1.807) is 6.92 Å². The molecule has 7 nitrogen and oxygen atoms in total. The van der Waals surface area contributed by atoms with Crippen molar-refractivity contribution in [1.29, 1.82) is 0 Å². The highest BCUT2D eigenvalue weighted by molar-refractivity contribution is 7.99. The van der Waals surface area contributed by atoms with E-state index in [1.807, 2.05) is 0 Å². The molecular weight excluding hydrogens is 434 g/mol. The van der Waals surface area contributed by atoms with Crippen molar-refractivity contribution < 1.29 is 14.3 Å². The molecule has 0 bridgehead atoms. The molecule has 1 atom stereocenters. The summed E-state index contributed by atoms with van der Waals surface area (Å²) in [6.45, 7) is 4.27. The first kappa shape index (κ1) is 22.1. The number of thioether (sulfide) groups is 1. The van der Waals surface area contributed by atoms with E-state index in [1.165, 1.54) is 23.1 Å². The van der Waals surface area contributed by atoms with Gasteiger partial charge in [0.15, 0.2) is 5.16 Å². The average Bonchev–Trinajstić information content (AvgIpc) is 3.09. The van der Waals surface area contributed by atoms with Gasteiger partial charge < -0.3 is 15.0 Å². The van der Waals surface area contributed by atoms with Crippen LogP contribution in [0.2, 0.25) is 0 Å². The van der Waals surface area contributed by atoms with E-state index < -0.39 is 0 Å².